The first-order chi connectivity index (χ1) is 15.2. The largest absolute Gasteiger partial charge is 0.342 e. The molecule has 2 rings (SSSR count). The molecular formula is C26H40N2O3. The van der Waals surface area contributed by atoms with Crippen LogP contribution in [0.5, 0.6) is 0 Å². The highest BCUT2D eigenvalue weighted by atomic mass is 16.7. The maximum absolute atomic E-state index is 12.4. The Morgan fingerprint density at radius 3 is 2.23 bits per heavy atom. The van der Waals surface area contributed by atoms with Gasteiger partial charge in [0, 0.05) is 19.5 Å². The molecule has 0 aromatic rings. The lowest BCUT2D eigenvalue weighted by Crippen LogP contribution is -2.46. The molecule has 2 aliphatic heterocycles. The molecule has 5 heteroatoms. The summed E-state index contributed by atoms with van der Waals surface area (Å²) in [5.74, 6) is -0.149. The molecule has 2 atom stereocenters. The van der Waals surface area contributed by atoms with Crippen molar-refractivity contribution >= 4 is 11.8 Å². The lowest BCUT2D eigenvalue weighted by molar-refractivity contribution is -0.135. The molecule has 0 aromatic carbocycles. The van der Waals surface area contributed by atoms with Crippen molar-refractivity contribution in [1.82, 2.24) is 10.4 Å². The summed E-state index contributed by atoms with van der Waals surface area (Å²) in [6.45, 7) is 3.40. The fourth-order valence-corrected chi connectivity index (χ4v) is 3.85. The number of piperidine rings is 1. The Kier molecular flexibility index (Phi) is 12.7. The molecule has 0 bridgehead atoms. The molecule has 0 aliphatic carbocycles. The van der Waals surface area contributed by atoms with Gasteiger partial charge in [-0.25, -0.2) is 5.48 Å². The number of nitrogens with zero attached hydrogens (tertiary/aromatic N) is 1. The van der Waals surface area contributed by atoms with E-state index in [0.29, 0.717) is 19.5 Å². The van der Waals surface area contributed by atoms with Crippen molar-refractivity contribution in [3.05, 3.63) is 48.6 Å². The molecule has 2 heterocycles. The first kappa shape index (κ1) is 25.1. The number of nitrogens with one attached hydrogen (secondary N) is 1. The van der Waals surface area contributed by atoms with E-state index in [4.69, 9.17) is 4.84 Å². The molecule has 2 fully saturated rings. The van der Waals surface area contributed by atoms with Crippen LogP contribution in [0.4, 0.5) is 0 Å². The Morgan fingerprint density at radius 1 is 0.968 bits per heavy atom. The maximum atomic E-state index is 12.4. The Hall–Kier alpha value is -2.14. The number of hydroxylamine groups is 1. The van der Waals surface area contributed by atoms with Crippen LogP contribution in [0.1, 0.15) is 77.6 Å². The third-order valence-corrected chi connectivity index (χ3v) is 5.77. The number of likely N-dealkylation sites (tertiary alicyclic amines) is 1. The van der Waals surface area contributed by atoms with Crippen LogP contribution in [-0.4, -0.2) is 35.9 Å². The van der Waals surface area contributed by atoms with Crippen molar-refractivity contribution in [2.45, 2.75) is 83.7 Å². The normalized spacial score (nSPS) is 21.7. The second-order valence-corrected chi connectivity index (χ2v) is 8.34. The standard InChI is InChI=1S/C26H40N2O3/c1-2-3-4-5-6-7-8-9-10-11-12-13-14-15-16-17-18-19-25(29)28-21-20-24-23(22-28)26(30)27-31-24/h6-7,9-10,12-13,15-16,23-24H,2-5,8,11,14,17-22H2,1H3,(H,27,30)/b7-6+,10-9+,13-12+,16-15+. The molecule has 2 amide bonds. The van der Waals surface area contributed by atoms with Crippen molar-refractivity contribution in [3.8, 4) is 0 Å². The van der Waals surface area contributed by atoms with E-state index in [1.54, 1.807) is 0 Å². The summed E-state index contributed by atoms with van der Waals surface area (Å²) in [4.78, 5) is 31.1. The van der Waals surface area contributed by atoms with E-state index >= 15 is 0 Å². The van der Waals surface area contributed by atoms with Crippen LogP contribution in [-0.2, 0) is 14.4 Å². The Balaban J connectivity index is 1.45. The highest BCUT2D eigenvalue weighted by Crippen LogP contribution is 2.24. The minimum Gasteiger partial charge on any atom is -0.342 e. The SMILES string of the molecule is CCCCC/C=C/C/C=C/C/C=C/C/C=C/CCCC(=O)N1CCC2ONC(=O)C2C1. The average Bonchev–Trinajstić information content (AvgIpc) is 3.16. The lowest BCUT2D eigenvalue weighted by atomic mass is 9.95. The molecule has 0 aromatic heterocycles. The summed E-state index contributed by atoms with van der Waals surface area (Å²) in [7, 11) is 0. The third kappa shape index (κ3) is 10.1. The summed E-state index contributed by atoms with van der Waals surface area (Å²) in [6, 6.07) is 0. The zero-order valence-electron chi connectivity index (χ0n) is 19.1. The number of unbranched alkanes of at least 4 members (excludes halogenated alkanes) is 4. The summed E-state index contributed by atoms with van der Waals surface area (Å²) in [5.41, 5.74) is 2.43. The number of fused-ring (bicyclic) bond motifs is 1. The van der Waals surface area contributed by atoms with E-state index in [1.807, 2.05) is 4.90 Å². The van der Waals surface area contributed by atoms with E-state index in [-0.39, 0.29) is 23.8 Å². The molecule has 172 valence electrons. The van der Waals surface area contributed by atoms with Crippen LogP contribution in [0.15, 0.2) is 48.6 Å². The Bertz CT molecular complexity index is 651. The lowest BCUT2D eigenvalue weighted by Gasteiger charge is -2.32. The van der Waals surface area contributed by atoms with Crippen molar-refractivity contribution in [2.24, 2.45) is 5.92 Å². The molecule has 0 radical (unpaired) electrons. The average molecular weight is 429 g/mol. The van der Waals surface area contributed by atoms with Crippen LogP contribution >= 0.6 is 0 Å². The molecular weight excluding hydrogens is 388 g/mol. The van der Waals surface area contributed by atoms with Gasteiger partial charge in [-0.1, -0.05) is 68.4 Å². The van der Waals surface area contributed by atoms with Gasteiger partial charge >= 0.3 is 0 Å². The van der Waals surface area contributed by atoms with E-state index in [2.05, 4.69) is 61.0 Å². The summed E-state index contributed by atoms with van der Waals surface area (Å²) >= 11 is 0. The molecule has 2 saturated heterocycles. The van der Waals surface area contributed by atoms with Gasteiger partial charge in [-0.15, -0.1) is 0 Å². The van der Waals surface area contributed by atoms with Crippen LogP contribution in [0, 0.1) is 5.92 Å². The van der Waals surface area contributed by atoms with Crippen molar-refractivity contribution in [2.75, 3.05) is 13.1 Å². The minimum absolute atomic E-state index is 0.0693. The minimum atomic E-state index is -0.203. The van der Waals surface area contributed by atoms with Crippen LogP contribution in [0.25, 0.3) is 0 Å². The second kappa shape index (κ2) is 15.6. The van der Waals surface area contributed by atoms with E-state index < -0.39 is 0 Å². The van der Waals surface area contributed by atoms with Gasteiger partial charge in [0.25, 0.3) is 5.91 Å². The van der Waals surface area contributed by atoms with E-state index in [0.717, 1.165) is 38.5 Å². The molecule has 0 saturated carbocycles. The highest BCUT2D eigenvalue weighted by Gasteiger charge is 2.41. The predicted molar refractivity (Wildman–Crippen MR) is 126 cm³/mol. The first-order valence-corrected chi connectivity index (χ1v) is 12.1. The molecule has 5 nitrogen and oxygen atoms in total. The summed E-state index contributed by atoms with van der Waals surface area (Å²) in [5, 5.41) is 0. The number of hydrogen-bond acceptors (Lipinski definition) is 3. The Morgan fingerprint density at radius 2 is 1.58 bits per heavy atom. The van der Waals surface area contributed by atoms with E-state index in [9.17, 15) is 9.59 Å². The van der Waals surface area contributed by atoms with Gasteiger partial charge in [-0.05, 0) is 51.4 Å². The highest BCUT2D eigenvalue weighted by molar-refractivity contribution is 5.82. The smallest absolute Gasteiger partial charge is 0.251 e. The van der Waals surface area contributed by atoms with Crippen LogP contribution in [0.3, 0.4) is 0 Å². The number of rotatable bonds is 14. The monoisotopic (exact) mass is 428 g/mol. The molecule has 1 N–H and O–H groups in total. The van der Waals surface area contributed by atoms with Gasteiger partial charge in [-0.3, -0.25) is 14.4 Å². The maximum Gasteiger partial charge on any atom is 0.251 e. The molecule has 31 heavy (non-hydrogen) atoms. The quantitative estimate of drug-likeness (QED) is 0.297. The van der Waals surface area contributed by atoms with Gasteiger partial charge in [0.1, 0.15) is 6.10 Å². The fraction of sp³-hybridized carbons (Fsp3) is 0.615. The van der Waals surface area contributed by atoms with Gasteiger partial charge in [0.05, 0.1) is 5.92 Å². The zero-order valence-corrected chi connectivity index (χ0v) is 19.1. The number of amides is 2. The van der Waals surface area contributed by atoms with Crippen molar-refractivity contribution < 1.29 is 14.4 Å². The first-order valence-electron chi connectivity index (χ1n) is 12.1. The number of hydrogen-bond donors (Lipinski definition) is 1. The molecule has 0 spiro atoms. The van der Waals surface area contributed by atoms with Gasteiger partial charge in [-0.2, -0.15) is 0 Å². The van der Waals surface area contributed by atoms with Crippen LogP contribution < -0.4 is 5.48 Å². The number of carbonyl (C=O) groups is 2. The van der Waals surface area contributed by atoms with Gasteiger partial charge in [0.2, 0.25) is 5.91 Å². The van der Waals surface area contributed by atoms with Gasteiger partial charge in [0.15, 0.2) is 0 Å². The second-order valence-electron chi connectivity index (χ2n) is 8.34. The summed E-state index contributed by atoms with van der Waals surface area (Å²) < 4.78 is 0. The van der Waals surface area contributed by atoms with Crippen LogP contribution in [0.2, 0.25) is 0 Å². The molecule has 2 unspecified atom stereocenters. The molecule has 2 aliphatic rings. The number of carbonyl (C=O) groups excluding carboxylic acids is 2. The number of allylic oxidation sites excluding steroid dienone is 8. The third-order valence-electron chi connectivity index (χ3n) is 5.77. The fourth-order valence-electron chi connectivity index (χ4n) is 3.85. The zero-order chi connectivity index (χ0) is 22.2. The predicted octanol–water partition coefficient (Wildman–Crippen LogP) is 5.41. The van der Waals surface area contributed by atoms with E-state index in [1.165, 1.54) is 25.7 Å². The van der Waals surface area contributed by atoms with Crippen molar-refractivity contribution in [3.63, 3.8) is 0 Å². The van der Waals surface area contributed by atoms with Crippen molar-refractivity contribution in [1.29, 1.82) is 0 Å². The topological polar surface area (TPSA) is 58.6 Å². The van der Waals surface area contributed by atoms with Gasteiger partial charge < -0.3 is 4.90 Å². The summed E-state index contributed by atoms with van der Waals surface area (Å²) in [6.07, 6.45) is 28.7. The Labute approximate surface area is 188 Å².